The Morgan fingerprint density at radius 3 is 2.54 bits per heavy atom. The van der Waals surface area contributed by atoms with Gasteiger partial charge in [0.05, 0.1) is 4.92 Å². The molecule has 0 unspecified atom stereocenters. The molecule has 1 atom stereocenters. The molecule has 0 spiro atoms. The lowest BCUT2D eigenvalue weighted by Crippen LogP contribution is -2.31. The van der Waals surface area contributed by atoms with E-state index in [4.69, 9.17) is 4.74 Å². The third kappa shape index (κ3) is 4.64. The van der Waals surface area contributed by atoms with Crippen LogP contribution in [0.4, 0.5) is 5.69 Å². The van der Waals surface area contributed by atoms with Crippen molar-refractivity contribution in [2.75, 3.05) is 6.54 Å². The molecule has 2 aromatic rings. The number of esters is 1. The van der Waals surface area contributed by atoms with Crippen LogP contribution in [0.5, 0.6) is 0 Å². The number of carbonyl (C=O) groups is 2. The molecule has 0 aromatic heterocycles. The highest BCUT2D eigenvalue weighted by molar-refractivity contribution is 5.96. The zero-order valence-electron chi connectivity index (χ0n) is 13.0. The second-order valence-corrected chi connectivity index (χ2v) is 5.03. The number of ether oxygens (including phenoxy) is 1. The molecule has 0 saturated heterocycles. The van der Waals surface area contributed by atoms with E-state index < -0.39 is 22.9 Å². The number of amides is 1. The quantitative estimate of drug-likeness (QED) is 0.499. The Hall–Kier alpha value is -3.22. The summed E-state index contributed by atoms with van der Waals surface area (Å²) in [7, 11) is 0. The molecule has 0 aliphatic rings. The lowest BCUT2D eigenvalue weighted by Gasteiger charge is -2.13. The van der Waals surface area contributed by atoms with Gasteiger partial charge in [-0.2, -0.15) is 0 Å². The lowest BCUT2D eigenvalue weighted by molar-refractivity contribution is -0.384. The van der Waals surface area contributed by atoms with Gasteiger partial charge in [-0.25, -0.2) is 0 Å². The monoisotopic (exact) mass is 328 g/mol. The first-order valence-electron chi connectivity index (χ1n) is 7.24. The summed E-state index contributed by atoms with van der Waals surface area (Å²) in [6.07, 6.45) is -0.437. The summed E-state index contributed by atoms with van der Waals surface area (Å²) in [6, 6.07) is 14.5. The van der Waals surface area contributed by atoms with Gasteiger partial charge in [-0.15, -0.1) is 0 Å². The average molecular weight is 328 g/mol. The third-order valence-corrected chi connectivity index (χ3v) is 3.29. The predicted octanol–water partition coefficient (Wildman–Crippen LogP) is 2.63. The second kappa shape index (κ2) is 7.87. The van der Waals surface area contributed by atoms with Crippen LogP contribution < -0.4 is 5.32 Å². The Kier molecular flexibility index (Phi) is 5.62. The van der Waals surface area contributed by atoms with Gasteiger partial charge >= 0.3 is 5.97 Å². The van der Waals surface area contributed by atoms with Gasteiger partial charge in [0.25, 0.3) is 11.6 Å². The van der Waals surface area contributed by atoms with Crippen molar-refractivity contribution in [1.82, 2.24) is 5.32 Å². The summed E-state index contributed by atoms with van der Waals surface area (Å²) in [6.45, 7) is 1.41. The van der Waals surface area contributed by atoms with Crippen LogP contribution in [-0.2, 0) is 9.53 Å². The number of hydrogen-bond donors (Lipinski definition) is 1. The van der Waals surface area contributed by atoms with E-state index in [1.165, 1.54) is 18.2 Å². The SMILES string of the molecule is C[C@H](OC(=O)CNC(=O)c1cccc([N+](=O)[O-])c1)c1ccccc1. The molecule has 7 nitrogen and oxygen atoms in total. The van der Waals surface area contributed by atoms with E-state index in [2.05, 4.69) is 5.32 Å². The van der Waals surface area contributed by atoms with E-state index in [9.17, 15) is 19.7 Å². The van der Waals surface area contributed by atoms with E-state index in [-0.39, 0.29) is 17.8 Å². The highest BCUT2D eigenvalue weighted by Gasteiger charge is 2.15. The fourth-order valence-corrected chi connectivity index (χ4v) is 2.05. The van der Waals surface area contributed by atoms with Crippen molar-refractivity contribution >= 4 is 17.6 Å². The van der Waals surface area contributed by atoms with Crippen molar-refractivity contribution in [3.63, 3.8) is 0 Å². The third-order valence-electron chi connectivity index (χ3n) is 3.29. The number of non-ortho nitro benzene ring substituents is 1. The summed E-state index contributed by atoms with van der Waals surface area (Å²) in [4.78, 5) is 33.8. The molecule has 0 aliphatic heterocycles. The fourth-order valence-electron chi connectivity index (χ4n) is 2.05. The van der Waals surface area contributed by atoms with Crippen LogP contribution in [-0.4, -0.2) is 23.3 Å². The number of nitro groups is 1. The molecule has 0 aliphatic carbocycles. The molecule has 2 aromatic carbocycles. The summed E-state index contributed by atoms with van der Waals surface area (Å²) in [5.41, 5.74) is 0.756. The number of rotatable bonds is 6. The van der Waals surface area contributed by atoms with Crippen LogP contribution in [0.3, 0.4) is 0 Å². The number of hydrogen-bond acceptors (Lipinski definition) is 5. The van der Waals surface area contributed by atoms with E-state index in [0.29, 0.717) is 0 Å². The van der Waals surface area contributed by atoms with Crippen molar-refractivity contribution in [1.29, 1.82) is 0 Å². The smallest absolute Gasteiger partial charge is 0.326 e. The van der Waals surface area contributed by atoms with Crippen LogP contribution in [0.1, 0.15) is 28.9 Å². The van der Waals surface area contributed by atoms with Gasteiger partial charge in [0.2, 0.25) is 0 Å². The number of nitrogens with zero attached hydrogens (tertiary/aromatic N) is 1. The van der Waals surface area contributed by atoms with Gasteiger partial charge in [0.1, 0.15) is 12.6 Å². The van der Waals surface area contributed by atoms with Crippen LogP contribution in [0, 0.1) is 10.1 Å². The molecule has 1 amide bonds. The Morgan fingerprint density at radius 1 is 1.17 bits per heavy atom. The zero-order chi connectivity index (χ0) is 17.5. The maximum Gasteiger partial charge on any atom is 0.326 e. The second-order valence-electron chi connectivity index (χ2n) is 5.03. The van der Waals surface area contributed by atoms with E-state index in [1.807, 2.05) is 30.3 Å². The van der Waals surface area contributed by atoms with Crippen molar-refractivity contribution in [2.24, 2.45) is 0 Å². The lowest BCUT2D eigenvalue weighted by atomic mass is 10.1. The summed E-state index contributed by atoms with van der Waals surface area (Å²) < 4.78 is 5.22. The van der Waals surface area contributed by atoms with Gasteiger partial charge in [-0.1, -0.05) is 36.4 Å². The predicted molar refractivity (Wildman–Crippen MR) is 86.4 cm³/mol. The average Bonchev–Trinajstić information content (AvgIpc) is 2.60. The minimum Gasteiger partial charge on any atom is -0.456 e. The molecule has 24 heavy (non-hydrogen) atoms. The van der Waals surface area contributed by atoms with Crippen molar-refractivity contribution in [2.45, 2.75) is 13.0 Å². The molecular formula is C17H16N2O5. The van der Waals surface area contributed by atoms with E-state index in [1.54, 1.807) is 6.92 Å². The largest absolute Gasteiger partial charge is 0.456 e. The van der Waals surface area contributed by atoms with Crippen molar-refractivity contribution in [3.8, 4) is 0 Å². The first-order chi connectivity index (χ1) is 11.5. The van der Waals surface area contributed by atoms with E-state index >= 15 is 0 Å². The fraction of sp³-hybridized carbons (Fsp3) is 0.176. The molecule has 0 radical (unpaired) electrons. The van der Waals surface area contributed by atoms with Crippen LogP contribution >= 0.6 is 0 Å². The highest BCUT2D eigenvalue weighted by Crippen LogP contribution is 2.16. The van der Waals surface area contributed by atoms with E-state index in [0.717, 1.165) is 11.6 Å². The minimum absolute atomic E-state index is 0.105. The number of benzene rings is 2. The number of nitro benzene ring substituents is 1. The molecule has 7 heteroatoms. The first-order valence-corrected chi connectivity index (χ1v) is 7.24. The number of carbonyl (C=O) groups excluding carboxylic acids is 2. The Balaban J connectivity index is 1.88. The van der Waals surface area contributed by atoms with Crippen LogP contribution in [0.25, 0.3) is 0 Å². The van der Waals surface area contributed by atoms with Gasteiger partial charge in [-0.3, -0.25) is 19.7 Å². The molecular weight excluding hydrogens is 312 g/mol. The molecule has 0 saturated carbocycles. The Morgan fingerprint density at radius 2 is 1.88 bits per heavy atom. The number of nitrogens with one attached hydrogen (secondary N) is 1. The maximum atomic E-state index is 11.9. The molecule has 2 rings (SSSR count). The van der Waals surface area contributed by atoms with Gasteiger partial charge in [0, 0.05) is 17.7 Å². The standard InChI is InChI=1S/C17H16N2O5/c1-12(13-6-3-2-4-7-13)24-16(20)11-18-17(21)14-8-5-9-15(10-14)19(22)23/h2-10,12H,11H2,1H3,(H,18,21)/t12-/m0/s1. The van der Waals surface area contributed by atoms with Gasteiger partial charge in [0.15, 0.2) is 0 Å². The Bertz CT molecular complexity index is 746. The molecule has 124 valence electrons. The van der Waals surface area contributed by atoms with Crippen molar-refractivity contribution < 1.29 is 19.2 Å². The van der Waals surface area contributed by atoms with Crippen LogP contribution in [0.2, 0.25) is 0 Å². The van der Waals surface area contributed by atoms with Crippen molar-refractivity contribution in [3.05, 3.63) is 75.8 Å². The highest BCUT2D eigenvalue weighted by atomic mass is 16.6. The minimum atomic E-state index is -0.592. The molecule has 0 heterocycles. The first kappa shape index (κ1) is 17.1. The normalized spacial score (nSPS) is 11.4. The Labute approximate surface area is 138 Å². The zero-order valence-corrected chi connectivity index (χ0v) is 13.0. The maximum absolute atomic E-state index is 11.9. The van der Waals surface area contributed by atoms with Gasteiger partial charge < -0.3 is 10.1 Å². The molecule has 0 bridgehead atoms. The summed E-state index contributed by atoms with van der Waals surface area (Å²) >= 11 is 0. The van der Waals surface area contributed by atoms with Crippen LogP contribution in [0.15, 0.2) is 54.6 Å². The van der Waals surface area contributed by atoms with Gasteiger partial charge in [-0.05, 0) is 18.6 Å². The molecule has 0 fully saturated rings. The summed E-state index contributed by atoms with van der Waals surface area (Å²) in [5, 5.41) is 13.1. The topological polar surface area (TPSA) is 98.5 Å². The molecule has 1 N–H and O–H groups in total. The summed E-state index contributed by atoms with van der Waals surface area (Å²) in [5.74, 6) is -1.17.